The number of nitrogens with one attached hydrogen (secondary N) is 1. The van der Waals surface area contributed by atoms with E-state index in [-0.39, 0.29) is 11.8 Å². The van der Waals surface area contributed by atoms with Crippen LogP contribution in [0.2, 0.25) is 0 Å². The lowest BCUT2D eigenvalue weighted by atomic mass is 9.90. The van der Waals surface area contributed by atoms with E-state index >= 15 is 0 Å². The number of aromatic nitrogens is 3. The minimum absolute atomic E-state index is 0.0234. The molecule has 1 unspecified atom stereocenters. The van der Waals surface area contributed by atoms with Gasteiger partial charge in [0.15, 0.2) is 0 Å². The van der Waals surface area contributed by atoms with Crippen LogP contribution in [0.3, 0.4) is 0 Å². The summed E-state index contributed by atoms with van der Waals surface area (Å²) in [4.78, 5) is 26.8. The van der Waals surface area contributed by atoms with Crippen LogP contribution in [0.15, 0.2) is 35.4 Å². The normalized spacial score (nSPS) is 16.4. The van der Waals surface area contributed by atoms with Crippen molar-refractivity contribution in [2.45, 2.75) is 25.7 Å². The number of hydrogen-bond acceptors (Lipinski definition) is 6. The van der Waals surface area contributed by atoms with Crippen molar-refractivity contribution in [2.75, 3.05) is 6.54 Å². The summed E-state index contributed by atoms with van der Waals surface area (Å²) in [5, 5.41) is 6.10. The molecule has 0 bridgehead atoms. The molecule has 3 aromatic heterocycles. The first-order valence-corrected chi connectivity index (χ1v) is 10.1. The van der Waals surface area contributed by atoms with Crippen LogP contribution < -0.4 is 5.32 Å². The number of amides is 1. The Morgan fingerprint density at radius 3 is 3.00 bits per heavy atom. The van der Waals surface area contributed by atoms with Gasteiger partial charge in [-0.25, -0.2) is 9.97 Å². The molecule has 3 aromatic rings. The van der Waals surface area contributed by atoms with Crippen LogP contribution >= 0.6 is 22.7 Å². The third-order valence-corrected chi connectivity index (χ3v) is 6.24. The molecule has 0 aliphatic heterocycles. The maximum atomic E-state index is 12.5. The number of fused-ring (bicyclic) bond motifs is 1. The van der Waals surface area contributed by atoms with E-state index in [1.807, 2.05) is 23.0 Å². The summed E-state index contributed by atoms with van der Waals surface area (Å²) in [6.07, 6.45) is 6.92. The molecular weight excluding hydrogens is 352 g/mol. The first-order chi connectivity index (χ1) is 12.3. The summed E-state index contributed by atoms with van der Waals surface area (Å²) in [6.45, 7) is 0.644. The Hall–Kier alpha value is -2.12. The molecule has 0 fully saturated rings. The molecular formula is C18H18N4OS2. The van der Waals surface area contributed by atoms with Gasteiger partial charge in [0.2, 0.25) is 5.91 Å². The minimum atomic E-state index is 0.0234. The van der Waals surface area contributed by atoms with Crippen LogP contribution in [-0.4, -0.2) is 27.4 Å². The monoisotopic (exact) mass is 370 g/mol. The number of carbonyl (C=O) groups is 1. The Bertz CT molecular complexity index is 845. The van der Waals surface area contributed by atoms with Crippen LogP contribution in [0, 0.1) is 5.92 Å². The van der Waals surface area contributed by atoms with E-state index in [4.69, 9.17) is 4.98 Å². The molecule has 1 aliphatic rings. The quantitative estimate of drug-likeness (QED) is 0.749. The standard InChI is InChI=1S/C18H18N4OS2/c23-17(20-8-5-14-10-24-11-21-14)13-1-2-16-15(9-13)22-18(25-16)12-3-6-19-7-4-12/h3-4,6-7,10-11,13H,1-2,5,8-9H2,(H,20,23). The highest BCUT2D eigenvalue weighted by Gasteiger charge is 2.27. The highest BCUT2D eigenvalue weighted by Crippen LogP contribution is 2.34. The predicted octanol–water partition coefficient (Wildman–Crippen LogP) is 3.13. The van der Waals surface area contributed by atoms with Crippen LogP contribution in [0.4, 0.5) is 0 Å². The van der Waals surface area contributed by atoms with Crippen LogP contribution in [0.5, 0.6) is 0 Å². The van der Waals surface area contributed by atoms with Crippen LogP contribution in [0.25, 0.3) is 10.6 Å². The zero-order chi connectivity index (χ0) is 17.1. The van der Waals surface area contributed by atoms with Crippen molar-refractivity contribution >= 4 is 28.6 Å². The first kappa shape index (κ1) is 16.4. The van der Waals surface area contributed by atoms with Gasteiger partial charge in [-0.1, -0.05) is 0 Å². The van der Waals surface area contributed by atoms with E-state index in [0.717, 1.165) is 47.6 Å². The lowest BCUT2D eigenvalue weighted by molar-refractivity contribution is -0.125. The molecule has 1 N–H and O–H groups in total. The second-order valence-corrected chi connectivity index (χ2v) is 7.89. The zero-order valence-electron chi connectivity index (χ0n) is 13.6. The Morgan fingerprint density at radius 2 is 2.20 bits per heavy atom. The van der Waals surface area contributed by atoms with Crippen molar-refractivity contribution in [1.82, 2.24) is 20.3 Å². The summed E-state index contributed by atoms with van der Waals surface area (Å²) in [7, 11) is 0. The van der Waals surface area contributed by atoms with Crippen LogP contribution in [-0.2, 0) is 24.1 Å². The van der Waals surface area contributed by atoms with Crippen molar-refractivity contribution in [3.63, 3.8) is 0 Å². The second-order valence-electron chi connectivity index (χ2n) is 6.09. The molecule has 1 aliphatic carbocycles. The third-order valence-electron chi connectivity index (χ3n) is 4.40. The molecule has 128 valence electrons. The van der Waals surface area contributed by atoms with Gasteiger partial charge in [-0.2, -0.15) is 0 Å². The van der Waals surface area contributed by atoms with Gasteiger partial charge in [0.25, 0.3) is 0 Å². The number of hydrogen-bond donors (Lipinski definition) is 1. The predicted molar refractivity (Wildman–Crippen MR) is 99.7 cm³/mol. The van der Waals surface area contributed by atoms with Gasteiger partial charge in [-0.3, -0.25) is 9.78 Å². The van der Waals surface area contributed by atoms with Gasteiger partial charge in [0, 0.05) is 53.5 Å². The molecule has 5 nitrogen and oxygen atoms in total. The van der Waals surface area contributed by atoms with E-state index in [2.05, 4.69) is 15.3 Å². The Morgan fingerprint density at radius 1 is 1.32 bits per heavy atom. The van der Waals surface area contributed by atoms with Crippen molar-refractivity contribution < 1.29 is 4.79 Å². The molecule has 0 saturated heterocycles. The summed E-state index contributed by atoms with van der Waals surface area (Å²) in [5.74, 6) is 0.162. The van der Waals surface area contributed by atoms with Gasteiger partial charge in [0.1, 0.15) is 5.01 Å². The van der Waals surface area contributed by atoms with E-state index in [1.54, 1.807) is 35.1 Å². The van der Waals surface area contributed by atoms with Crippen molar-refractivity contribution in [2.24, 2.45) is 5.92 Å². The van der Waals surface area contributed by atoms with Gasteiger partial charge < -0.3 is 5.32 Å². The van der Waals surface area contributed by atoms with E-state index < -0.39 is 0 Å². The Kier molecular flexibility index (Phi) is 4.85. The Balaban J connectivity index is 1.37. The molecule has 0 saturated carbocycles. The minimum Gasteiger partial charge on any atom is -0.355 e. The lowest BCUT2D eigenvalue weighted by Crippen LogP contribution is -2.35. The lowest BCUT2D eigenvalue weighted by Gasteiger charge is -2.20. The molecule has 0 radical (unpaired) electrons. The number of pyridine rings is 1. The fraction of sp³-hybridized carbons (Fsp3) is 0.333. The number of rotatable bonds is 5. The highest BCUT2D eigenvalue weighted by molar-refractivity contribution is 7.15. The molecule has 25 heavy (non-hydrogen) atoms. The van der Waals surface area contributed by atoms with Crippen molar-refractivity contribution in [3.8, 4) is 10.6 Å². The number of nitrogens with zero attached hydrogens (tertiary/aromatic N) is 3. The molecule has 1 amide bonds. The highest BCUT2D eigenvalue weighted by atomic mass is 32.1. The van der Waals surface area contributed by atoms with Gasteiger partial charge in [-0.15, -0.1) is 22.7 Å². The maximum absolute atomic E-state index is 12.5. The van der Waals surface area contributed by atoms with Gasteiger partial charge in [-0.05, 0) is 25.0 Å². The third kappa shape index (κ3) is 3.77. The molecule has 1 atom stereocenters. The van der Waals surface area contributed by atoms with E-state index in [0.29, 0.717) is 6.54 Å². The SMILES string of the molecule is O=C(NCCc1cscn1)C1CCc2sc(-c3ccncc3)nc2C1. The molecule has 3 heterocycles. The topological polar surface area (TPSA) is 67.8 Å². The van der Waals surface area contributed by atoms with E-state index in [9.17, 15) is 4.79 Å². The van der Waals surface area contributed by atoms with Crippen molar-refractivity contribution in [1.29, 1.82) is 0 Å². The summed E-state index contributed by atoms with van der Waals surface area (Å²) < 4.78 is 0. The zero-order valence-corrected chi connectivity index (χ0v) is 15.3. The average Bonchev–Trinajstić information content (AvgIpc) is 3.31. The number of thiazole rings is 2. The van der Waals surface area contributed by atoms with Gasteiger partial charge >= 0.3 is 0 Å². The second kappa shape index (κ2) is 7.41. The Labute approximate surface area is 154 Å². The first-order valence-electron chi connectivity index (χ1n) is 8.33. The fourth-order valence-corrected chi connectivity index (χ4v) is 4.74. The fourth-order valence-electron chi connectivity index (χ4n) is 3.04. The van der Waals surface area contributed by atoms with E-state index in [1.165, 1.54) is 4.88 Å². The summed E-state index contributed by atoms with van der Waals surface area (Å²) >= 11 is 3.32. The smallest absolute Gasteiger partial charge is 0.223 e. The van der Waals surface area contributed by atoms with Crippen LogP contribution in [0.1, 0.15) is 22.7 Å². The largest absolute Gasteiger partial charge is 0.355 e. The maximum Gasteiger partial charge on any atom is 0.223 e. The average molecular weight is 371 g/mol. The number of aryl methyl sites for hydroxylation is 1. The van der Waals surface area contributed by atoms with Crippen molar-refractivity contribution in [3.05, 3.63) is 51.7 Å². The molecule has 0 aromatic carbocycles. The number of carbonyl (C=O) groups excluding carboxylic acids is 1. The summed E-state index contributed by atoms with van der Waals surface area (Å²) in [6, 6.07) is 3.96. The summed E-state index contributed by atoms with van der Waals surface area (Å²) in [5.41, 5.74) is 5.04. The molecule has 0 spiro atoms. The van der Waals surface area contributed by atoms with Gasteiger partial charge in [0.05, 0.1) is 16.9 Å². The molecule has 4 rings (SSSR count). The molecule has 7 heteroatoms.